The molecule has 22 heavy (non-hydrogen) atoms. The molecule has 1 saturated carbocycles. The summed E-state index contributed by atoms with van der Waals surface area (Å²) in [5.74, 6) is -0.293. The lowest BCUT2D eigenvalue weighted by Gasteiger charge is -2.39. The van der Waals surface area contributed by atoms with E-state index in [1.165, 1.54) is 0 Å². The molecule has 1 saturated heterocycles. The van der Waals surface area contributed by atoms with Crippen molar-refractivity contribution in [2.45, 2.75) is 31.7 Å². The van der Waals surface area contributed by atoms with Crippen molar-refractivity contribution in [2.75, 3.05) is 31.1 Å². The smallest absolute Gasteiger partial charge is 0.303 e. The SMILES string of the molecule is O=C(O)CC1CCC(N2CCN(c3ccccc3Cl)CC2)C1. The van der Waals surface area contributed by atoms with Crippen LogP contribution in [-0.4, -0.2) is 48.2 Å². The molecule has 1 aliphatic heterocycles. The molecule has 1 aromatic carbocycles. The van der Waals surface area contributed by atoms with E-state index in [4.69, 9.17) is 16.7 Å². The second-order valence-electron chi connectivity index (χ2n) is 6.41. The molecule has 1 aromatic rings. The van der Waals surface area contributed by atoms with Gasteiger partial charge in [-0.25, -0.2) is 0 Å². The molecule has 0 spiro atoms. The molecular formula is C17H23ClN2O2. The molecule has 1 N–H and O–H groups in total. The molecule has 5 heteroatoms. The van der Waals surface area contributed by atoms with Crippen LogP contribution >= 0.6 is 11.6 Å². The van der Waals surface area contributed by atoms with Crippen LogP contribution in [-0.2, 0) is 4.79 Å². The van der Waals surface area contributed by atoms with E-state index in [0.29, 0.717) is 18.4 Å². The Morgan fingerprint density at radius 3 is 2.59 bits per heavy atom. The van der Waals surface area contributed by atoms with Crippen LogP contribution in [0.5, 0.6) is 0 Å². The first-order valence-corrected chi connectivity index (χ1v) is 8.46. The van der Waals surface area contributed by atoms with Crippen molar-refractivity contribution in [3.8, 4) is 0 Å². The zero-order chi connectivity index (χ0) is 15.5. The quantitative estimate of drug-likeness (QED) is 0.925. The van der Waals surface area contributed by atoms with Gasteiger partial charge in [0.2, 0.25) is 0 Å². The van der Waals surface area contributed by atoms with E-state index >= 15 is 0 Å². The van der Waals surface area contributed by atoms with E-state index < -0.39 is 5.97 Å². The third kappa shape index (κ3) is 3.55. The third-order valence-corrected chi connectivity index (χ3v) is 5.32. The van der Waals surface area contributed by atoms with Crippen molar-refractivity contribution in [3.63, 3.8) is 0 Å². The van der Waals surface area contributed by atoms with E-state index in [1.54, 1.807) is 0 Å². The molecule has 2 fully saturated rings. The van der Waals surface area contributed by atoms with Gasteiger partial charge in [0.15, 0.2) is 0 Å². The second-order valence-corrected chi connectivity index (χ2v) is 6.81. The summed E-state index contributed by atoms with van der Waals surface area (Å²) in [6.45, 7) is 4.05. The Morgan fingerprint density at radius 2 is 1.91 bits per heavy atom. The molecule has 120 valence electrons. The molecule has 0 bridgehead atoms. The highest BCUT2D eigenvalue weighted by atomic mass is 35.5. The highest BCUT2D eigenvalue weighted by molar-refractivity contribution is 6.33. The summed E-state index contributed by atoms with van der Waals surface area (Å²) in [6, 6.07) is 8.58. The lowest BCUT2D eigenvalue weighted by molar-refractivity contribution is -0.138. The number of aliphatic carboxylic acids is 1. The largest absolute Gasteiger partial charge is 0.481 e. The van der Waals surface area contributed by atoms with Gasteiger partial charge in [0.05, 0.1) is 10.7 Å². The minimum atomic E-state index is -0.658. The number of nitrogens with zero attached hydrogens (tertiary/aromatic N) is 2. The number of rotatable bonds is 4. The predicted octanol–water partition coefficient (Wildman–Crippen LogP) is 3.11. The highest BCUT2D eigenvalue weighted by Crippen LogP contribution is 2.33. The van der Waals surface area contributed by atoms with Crippen molar-refractivity contribution >= 4 is 23.3 Å². The minimum Gasteiger partial charge on any atom is -0.481 e. The maximum atomic E-state index is 10.8. The Balaban J connectivity index is 1.52. The standard InChI is InChI=1S/C17H23ClN2O2/c18-15-3-1-2-4-16(15)20-9-7-19(8-10-20)14-6-5-13(11-14)12-17(21)22/h1-4,13-14H,5-12H2,(H,21,22). The summed E-state index contributed by atoms with van der Waals surface area (Å²) in [4.78, 5) is 15.7. The number of carboxylic acid groups (broad SMARTS) is 1. The topological polar surface area (TPSA) is 43.8 Å². The molecule has 0 radical (unpaired) electrons. The fraction of sp³-hybridized carbons (Fsp3) is 0.588. The van der Waals surface area contributed by atoms with Gasteiger partial charge >= 0.3 is 5.97 Å². The maximum Gasteiger partial charge on any atom is 0.303 e. The Morgan fingerprint density at radius 1 is 1.18 bits per heavy atom. The van der Waals surface area contributed by atoms with Crippen molar-refractivity contribution in [1.29, 1.82) is 0 Å². The van der Waals surface area contributed by atoms with Gasteiger partial charge in [-0.2, -0.15) is 0 Å². The summed E-state index contributed by atoms with van der Waals surface area (Å²) in [5.41, 5.74) is 1.12. The molecular weight excluding hydrogens is 300 g/mol. The molecule has 2 unspecified atom stereocenters. The van der Waals surface area contributed by atoms with Crippen LogP contribution in [0.15, 0.2) is 24.3 Å². The van der Waals surface area contributed by atoms with E-state index in [9.17, 15) is 4.79 Å². The lowest BCUT2D eigenvalue weighted by Crippen LogP contribution is -2.49. The zero-order valence-electron chi connectivity index (χ0n) is 12.7. The maximum absolute atomic E-state index is 10.8. The Hall–Kier alpha value is -1.26. The number of para-hydroxylation sites is 1. The first-order valence-electron chi connectivity index (χ1n) is 8.09. The number of carboxylic acids is 1. The van der Waals surface area contributed by atoms with E-state index in [2.05, 4.69) is 15.9 Å². The molecule has 1 aliphatic carbocycles. The number of halogens is 1. The summed E-state index contributed by atoms with van der Waals surface area (Å²) < 4.78 is 0. The van der Waals surface area contributed by atoms with Gasteiger partial charge in [0.1, 0.15) is 0 Å². The Kier molecular flexibility index (Phi) is 4.89. The van der Waals surface area contributed by atoms with Crippen LogP contribution < -0.4 is 4.90 Å². The van der Waals surface area contributed by atoms with Crippen LogP contribution in [0.4, 0.5) is 5.69 Å². The van der Waals surface area contributed by atoms with E-state index in [-0.39, 0.29) is 0 Å². The van der Waals surface area contributed by atoms with Gasteiger partial charge in [-0.1, -0.05) is 23.7 Å². The van der Waals surface area contributed by atoms with Gasteiger partial charge in [-0.15, -0.1) is 0 Å². The fourth-order valence-electron chi connectivity index (χ4n) is 3.85. The molecule has 4 nitrogen and oxygen atoms in total. The highest BCUT2D eigenvalue weighted by Gasteiger charge is 2.32. The summed E-state index contributed by atoms with van der Waals surface area (Å²) in [5, 5.41) is 9.74. The summed E-state index contributed by atoms with van der Waals surface area (Å²) >= 11 is 6.28. The van der Waals surface area contributed by atoms with Crippen molar-refractivity contribution < 1.29 is 9.90 Å². The van der Waals surface area contributed by atoms with E-state index in [0.717, 1.165) is 56.2 Å². The van der Waals surface area contributed by atoms with E-state index in [1.807, 2.05) is 18.2 Å². The Labute approximate surface area is 136 Å². The first-order chi connectivity index (χ1) is 10.6. The number of benzene rings is 1. The first kappa shape index (κ1) is 15.6. The Bertz CT molecular complexity index is 529. The van der Waals surface area contributed by atoms with Crippen LogP contribution in [0.25, 0.3) is 0 Å². The van der Waals surface area contributed by atoms with Crippen molar-refractivity contribution in [1.82, 2.24) is 4.90 Å². The second kappa shape index (κ2) is 6.88. The number of piperazine rings is 1. The van der Waals surface area contributed by atoms with Crippen LogP contribution in [0.3, 0.4) is 0 Å². The molecule has 0 aromatic heterocycles. The molecule has 1 heterocycles. The average Bonchev–Trinajstić information content (AvgIpc) is 2.96. The fourth-order valence-corrected chi connectivity index (χ4v) is 4.10. The predicted molar refractivity (Wildman–Crippen MR) is 88.6 cm³/mol. The van der Waals surface area contributed by atoms with Crippen molar-refractivity contribution in [2.24, 2.45) is 5.92 Å². The lowest BCUT2D eigenvalue weighted by atomic mass is 10.0. The number of carbonyl (C=O) groups is 1. The van der Waals surface area contributed by atoms with Crippen molar-refractivity contribution in [3.05, 3.63) is 29.3 Å². The monoisotopic (exact) mass is 322 g/mol. The average molecular weight is 323 g/mol. The van der Waals surface area contributed by atoms with Crippen LogP contribution in [0, 0.1) is 5.92 Å². The van der Waals surface area contributed by atoms with Gasteiger partial charge in [0.25, 0.3) is 0 Å². The molecule has 2 atom stereocenters. The van der Waals surface area contributed by atoms with Gasteiger partial charge < -0.3 is 10.0 Å². The number of anilines is 1. The summed E-state index contributed by atoms with van der Waals surface area (Å²) in [7, 11) is 0. The molecule has 2 aliphatic rings. The van der Waals surface area contributed by atoms with Gasteiger partial charge in [-0.3, -0.25) is 9.69 Å². The molecule has 3 rings (SSSR count). The van der Waals surface area contributed by atoms with Gasteiger partial charge in [0, 0.05) is 38.6 Å². The zero-order valence-corrected chi connectivity index (χ0v) is 13.5. The van der Waals surface area contributed by atoms with Crippen LogP contribution in [0.1, 0.15) is 25.7 Å². The third-order valence-electron chi connectivity index (χ3n) is 5.00. The normalized spacial score (nSPS) is 26.3. The van der Waals surface area contributed by atoms with Gasteiger partial charge in [-0.05, 0) is 37.3 Å². The number of hydrogen-bond donors (Lipinski definition) is 1. The van der Waals surface area contributed by atoms with Crippen LogP contribution in [0.2, 0.25) is 5.02 Å². The minimum absolute atomic E-state index is 0.329. The molecule has 0 amide bonds. The number of hydrogen-bond acceptors (Lipinski definition) is 3. The summed E-state index contributed by atoms with van der Waals surface area (Å²) in [6.07, 6.45) is 3.57.